The van der Waals surface area contributed by atoms with Crippen LogP contribution in [-0.4, -0.2) is 17.4 Å². The Morgan fingerprint density at radius 2 is 1.63 bits per heavy atom. The maximum atomic E-state index is 13.3. The van der Waals surface area contributed by atoms with Crippen LogP contribution in [0.15, 0.2) is 59.1 Å². The van der Waals surface area contributed by atoms with E-state index >= 15 is 0 Å². The molecule has 0 atom stereocenters. The maximum absolute atomic E-state index is 13.3. The van der Waals surface area contributed by atoms with Crippen LogP contribution in [0.1, 0.15) is 43.6 Å². The van der Waals surface area contributed by atoms with Gasteiger partial charge in [-0.1, -0.05) is 25.0 Å². The van der Waals surface area contributed by atoms with Crippen LogP contribution in [0.2, 0.25) is 0 Å². The summed E-state index contributed by atoms with van der Waals surface area (Å²) in [5.41, 5.74) is 1.70. The number of hydrogen-bond acceptors (Lipinski definition) is 3. The summed E-state index contributed by atoms with van der Waals surface area (Å²) in [7, 11) is 0. The number of amides is 1. The van der Waals surface area contributed by atoms with Crippen molar-refractivity contribution in [3.8, 4) is 11.3 Å². The second kappa shape index (κ2) is 8.78. The van der Waals surface area contributed by atoms with E-state index in [-0.39, 0.29) is 29.4 Å². The first kappa shape index (κ1) is 20.3. The predicted molar refractivity (Wildman–Crippen MR) is 110 cm³/mol. The minimum absolute atomic E-state index is 0.0649. The molecule has 0 aliphatic heterocycles. The molecule has 0 spiro atoms. The van der Waals surface area contributed by atoms with Gasteiger partial charge in [0.05, 0.1) is 6.20 Å². The van der Waals surface area contributed by atoms with Gasteiger partial charge in [0.2, 0.25) is 5.91 Å². The van der Waals surface area contributed by atoms with Crippen molar-refractivity contribution in [2.45, 2.75) is 43.9 Å². The Kier molecular flexibility index (Phi) is 5.93. The number of aromatic nitrogens is 1. The lowest BCUT2D eigenvalue weighted by atomic mass is 9.79. The molecule has 4 rings (SSSR count). The Morgan fingerprint density at radius 1 is 1.00 bits per heavy atom. The molecule has 1 saturated carbocycles. The maximum Gasteiger partial charge on any atom is 0.220 e. The second-order valence-corrected chi connectivity index (χ2v) is 7.90. The van der Waals surface area contributed by atoms with E-state index in [1.807, 2.05) is 12.1 Å². The zero-order valence-electron chi connectivity index (χ0n) is 16.7. The van der Waals surface area contributed by atoms with Gasteiger partial charge in [-0.15, -0.1) is 0 Å². The van der Waals surface area contributed by atoms with Crippen molar-refractivity contribution in [2.75, 3.05) is 6.54 Å². The molecule has 3 aromatic rings. The number of nitrogens with zero attached hydrogens (tertiary/aromatic N) is 1. The van der Waals surface area contributed by atoms with Gasteiger partial charge >= 0.3 is 0 Å². The zero-order valence-corrected chi connectivity index (χ0v) is 16.7. The quantitative estimate of drug-likeness (QED) is 0.584. The van der Waals surface area contributed by atoms with Crippen LogP contribution >= 0.6 is 0 Å². The van der Waals surface area contributed by atoms with Gasteiger partial charge in [-0.05, 0) is 54.8 Å². The highest BCUT2D eigenvalue weighted by Crippen LogP contribution is 2.40. The van der Waals surface area contributed by atoms with Crippen LogP contribution in [0.5, 0.6) is 0 Å². The summed E-state index contributed by atoms with van der Waals surface area (Å²) in [6, 6.07) is 12.6. The molecule has 0 saturated heterocycles. The van der Waals surface area contributed by atoms with Crippen LogP contribution in [0.25, 0.3) is 11.3 Å². The molecule has 2 aromatic carbocycles. The molecule has 1 fully saturated rings. The summed E-state index contributed by atoms with van der Waals surface area (Å²) in [5, 5.41) is 3.05. The third-order valence-corrected chi connectivity index (χ3v) is 5.89. The van der Waals surface area contributed by atoms with Gasteiger partial charge in [-0.2, -0.15) is 0 Å². The topological polar surface area (TPSA) is 55.1 Å². The summed E-state index contributed by atoms with van der Waals surface area (Å²) >= 11 is 0. The van der Waals surface area contributed by atoms with Crippen LogP contribution in [0.3, 0.4) is 0 Å². The molecule has 0 bridgehead atoms. The number of aryl methyl sites for hydroxylation is 1. The normalized spacial score (nSPS) is 15.3. The summed E-state index contributed by atoms with van der Waals surface area (Å²) < 4.78 is 32.0. The molecule has 1 heterocycles. The molecule has 1 aromatic heterocycles. The number of hydrogen-bond donors (Lipinski definition) is 1. The lowest BCUT2D eigenvalue weighted by Crippen LogP contribution is -2.39. The first-order valence-electron chi connectivity index (χ1n) is 10.3. The molecule has 1 N–H and O–H groups in total. The molecule has 1 amide bonds. The lowest BCUT2D eigenvalue weighted by Gasteiger charge is -2.30. The molecular weight excluding hydrogens is 386 g/mol. The number of rotatable bonds is 7. The van der Waals surface area contributed by atoms with Gasteiger partial charge in [-0.25, -0.2) is 13.8 Å². The molecule has 0 radical (unpaired) electrons. The highest BCUT2D eigenvalue weighted by molar-refractivity contribution is 5.76. The summed E-state index contributed by atoms with van der Waals surface area (Å²) in [6.45, 7) is 0.546. The molecule has 1 aliphatic carbocycles. The smallest absolute Gasteiger partial charge is 0.220 e. The van der Waals surface area contributed by atoms with Crippen LogP contribution < -0.4 is 5.32 Å². The number of carbonyl (C=O) groups excluding carboxylic acids is 1. The van der Waals surface area contributed by atoms with E-state index in [1.165, 1.54) is 24.3 Å². The van der Waals surface area contributed by atoms with Crippen LogP contribution in [-0.2, 0) is 16.6 Å². The third-order valence-electron chi connectivity index (χ3n) is 5.89. The van der Waals surface area contributed by atoms with Crippen LogP contribution in [0.4, 0.5) is 8.78 Å². The predicted octanol–water partition coefficient (Wildman–Crippen LogP) is 5.18. The molecule has 156 valence electrons. The van der Waals surface area contributed by atoms with E-state index in [0.717, 1.165) is 36.8 Å². The highest BCUT2D eigenvalue weighted by atomic mass is 19.1. The largest absolute Gasteiger partial charge is 0.441 e. The van der Waals surface area contributed by atoms with E-state index < -0.39 is 0 Å². The Bertz CT molecular complexity index is 991. The van der Waals surface area contributed by atoms with Crippen molar-refractivity contribution in [2.24, 2.45) is 0 Å². The average molecular weight is 410 g/mol. The van der Waals surface area contributed by atoms with Crippen LogP contribution in [0, 0.1) is 11.6 Å². The zero-order chi connectivity index (χ0) is 21.0. The van der Waals surface area contributed by atoms with Gasteiger partial charge in [0.15, 0.2) is 11.7 Å². The van der Waals surface area contributed by atoms with Crippen molar-refractivity contribution in [3.05, 3.63) is 77.8 Å². The standard InChI is InChI=1S/C24H24F2N2O2/c25-19-7-3-17(4-8-19)21-15-27-23(30-21)12-11-22(29)28-16-24(13-1-2-14-24)18-5-9-20(26)10-6-18/h3-10,15H,1-2,11-14,16H2,(H,28,29). The number of halogens is 2. The summed E-state index contributed by atoms with van der Waals surface area (Å²) in [5.74, 6) is 0.396. The summed E-state index contributed by atoms with van der Waals surface area (Å²) in [6.07, 6.45) is 6.42. The van der Waals surface area contributed by atoms with Crippen molar-refractivity contribution in [1.82, 2.24) is 10.3 Å². The molecule has 30 heavy (non-hydrogen) atoms. The molecular formula is C24H24F2N2O2. The van der Waals surface area contributed by atoms with E-state index in [1.54, 1.807) is 18.3 Å². The minimum atomic E-state index is -0.309. The first-order valence-corrected chi connectivity index (χ1v) is 10.3. The summed E-state index contributed by atoms with van der Waals surface area (Å²) in [4.78, 5) is 16.7. The molecule has 0 unspecified atom stereocenters. The lowest BCUT2D eigenvalue weighted by molar-refractivity contribution is -0.121. The van der Waals surface area contributed by atoms with Crippen molar-refractivity contribution in [3.63, 3.8) is 0 Å². The second-order valence-electron chi connectivity index (χ2n) is 7.90. The van der Waals surface area contributed by atoms with Gasteiger partial charge < -0.3 is 9.73 Å². The van der Waals surface area contributed by atoms with Gasteiger partial charge in [0.1, 0.15) is 11.6 Å². The van der Waals surface area contributed by atoms with E-state index in [4.69, 9.17) is 4.42 Å². The number of nitrogens with one attached hydrogen (secondary N) is 1. The third kappa shape index (κ3) is 4.58. The van der Waals surface area contributed by atoms with E-state index in [9.17, 15) is 13.6 Å². The SMILES string of the molecule is O=C(CCc1ncc(-c2ccc(F)cc2)o1)NCC1(c2ccc(F)cc2)CCCC1. The van der Waals surface area contributed by atoms with E-state index in [2.05, 4.69) is 10.3 Å². The molecule has 4 nitrogen and oxygen atoms in total. The first-order chi connectivity index (χ1) is 14.5. The van der Waals surface area contributed by atoms with Crippen molar-refractivity contribution >= 4 is 5.91 Å². The fourth-order valence-electron chi connectivity index (χ4n) is 4.17. The monoisotopic (exact) mass is 410 g/mol. The fraction of sp³-hybridized carbons (Fsp3) is 0.333. The van der Waals surface area contributed by atoms with Gasteiger partial charge in [0.25, 0.3) is 0 Å². The average Bonchev–Trinajstić information content (AvgIpc) is 3.42. The highest BCUT2D eigenvalue weighted by Gasteiger charge is 2.35. The van der Waals surface area contributed by atoms with Gasteiger partial charge in [-0.3, -0.25) is 4.79 Å². The molecule has 6 heteroatoms. The Balaban J connectivity index is 1.32. The number of benzene rings is 2. The van der Waals surface area contributed by atoms with E-state index in [0.29, 0.717) is 24.6 Å². The minimum Gasteiger partial charge on any atom is -0.441 e. The Hall–Kier alpha value is -3.02. The van der Waals surface area contributed by atoms with Crippen molar-refractivity contribution in [1.29, 1.82) is 0 Å². The number of oxazole rings is 1. The van der Waals surface area contributed by atoms with Gasteiger partial charge in [0, 0.05) is 30.4 Å². The Labute approximate surface area is 174 Å². The van der Waals surface area contributed by atoms with Crippen molar-refractivity contribution < 1.29 is 18.0 Å². The fourth-order valence-corrected chi connectivity index (χ4v) is 4.17. The molecule has 1 aliphatic rings. The number of carbonyl (C=O) groups is 1. The Morgan fingerprint density at radius 3 is 2.30 bits per heavy atom.